The van der Waals surface area contributed by atoms with Crippen LogP contribution in [0.1, 0.15) is 11.1 Å². The SMILES string of the molecule is O=C(NCc1ccc(S(=O)(=O)c2ccc(Cl)c(F)c2)cc1)C1Cc2cnccc2N1. The number of hydrogen-bond acceptors (Lipinski definition) is 5. The Morgan fingerprint density at radius 3 is 2.60 bits per heavy atom. The number of halogens is 2. The van der Waals surface area contributed by atoms with E-state index in [4.69, 9.17) is 11.6 Å². The largest absolute Gasteiger partial charge is 0.373 e. The number of nitrogens with zero attached hydrogens (tertiary/aromatic N) is 1. The van der Waals surface area contributed by atoms with Gasteiger partial charge in [0.15, 0.2) is 0 Å². The van der Waals surface area contributed by atoms with Crippen LogP contribution in [0.3, 0.4) is 0 Å². The summed E-state index contributed by atoms with van der Waals surface area (Å²) in [5, 5.41) is 5.86. The summed E-state index contributed by atoms with van der Waals surface area (Å²) in [6.07, 6.45) is 3.96. The number of benzene rings is 2. The van der Waals surface area contributed by atoms with Crippen molar-refractivity contribution >= 4 is 33.0 Å². The molecule has 0 radical (unpaired) electrons. The maximum atomic E-state index is 13.6. The number of hydrogen-bond donors (Lipinski definition) is 2. The zero-order valence-corrected chi connectivity index (χ0v) is 17.2. The summed E-state index contributed by atoms with van der Waals surface area (Å²) in [5.41, 5.74) is 2.63. The smallest absolute Gasteiger partial charge is 0.243 e. The van der Waals surface area contributed by atoms with Gasteiger partial charge in [0.2, 0.25) is 15.7 Å². The first-order valence-corrected chi connectivity index (χ1v) is 11.0. The lowest BCUT2D eigenvalue weighted by atomic mass is 10.1. The molecular weight excluding hydrogens is 429 g/mol. The van der Waals surface area contributed by atoms with Crippen molar-refractivity contribution in [3.8, 4) is 0 Å². The number of anilines is 1. The molecule has 2 heterocycles. The van der Waals surface area contributed by atoms with E-state index in [9.17, 15) is 17.6 Å². The van der Waals surface area contributed by atoms with Crippen molar-refractivity contribution in [3.05, 3.63) is 82.9 Å². The Hall–Kier alpha value is -2.97. The van der Waals surface area contributed by atoms with E-state index in [1.807, 2.05) is 6.07 Å². The summed E-state index contributed by atoms with van der Waals surface area (Å²) in [6.45, 7) is 0.251. The number of fused-ring (bicyclic) bond motifs is 1. The quantitative estimate of drug-likeness (QED) is 0.628. The Morgan fingerprint density at radius 1 is 1.17 bits per heavy atom. The van der Waals surface area contributed by atoms with Gasteiger partial charge in [0.05, 0.1) is 14.8 Å². The third-order valence-corrected chi connectivity index (χ3v) is 6.95. The topological polar surface area (TPSA) is 88.2 Å². The van der Waals surface area contributed by atoms with Gasteiger partial charge in [-0.2, -0.15) is 0 Å². The minimum Gasteiger partial charge on any atom is -0.373 e. The van der Waals surface area contributed by atoms with Gasteiger partial charge in [0, 0.05) is 31.0 Å². The molecule has 0 fully saturated rings. The van der Waals surface area contributed by atoms with Crippen LogP contribution in [0.4, 0.5) is 10.1 Å². The molecule has 154 valence electrons. The molecule has 1 unspecified atom stereocenters. The Kier molecular flexibility index (Phi) is 5.44. The number of sulfone groups is 1. The first-order chi connectivity index (χ1) is 14.3. The minimum atomic E-state index is -3.87. The number of nitrogens with one attached hydrogen (secondary N) is 2. The first-order valence-electron chi connectivity index (χ1n) is 9.11. The fraction of sp³-hybridized carbons (Fsp3) is 0.143. The predicted molar refractivity (Wildman–Crippen MR) is 111 cm³/mol. The monoisotopic (exact) mass is 445 g/mol. The summed E-state index contributed by atoms with van der Waals surface area (Å²) in [4.78, 5) is 16.3. The van der Waals surface area contributed by atoms with Crippen molar-refractivity contribution in [1.82, 2.24) is 10.3 Å². The molecule has 0 saturated heterocycles. The highest BCUT2D eigenvalue weighted by atomic mass is 35.5. The van der Waals surface area contributed by atoms with Crippen LogP contribution in [-0.2, 0) is 27.6 Å². The Balaban J connectivity index is 1.40. The van der Waals surface area contributed by atoms with Gasteiger partial charge in [0.25, 0.3) is 0 Å². The molecule has 1 aromatic heterocycles. The van der Waals surface area contributed by atoms with Crippen LogP contribution in [0.15, 0.2) is 70.7 Å². The molecule has 9 heteroatoms. The molecule has 2 N–H and O–H groups in total. The number of amides is 1. The number of carbonyl (C=O) groups is 1. The number of aromatic nitrogens is 1. The van der Waals surface area contributed by atoms with Crippen molar-refractivity contribution < 1.29 is 17.6 Å². The second-order valence-corrected chi connectivity index (χ2v) is 9.23. The lowest BCUT2D eigenvalue weighted by Gasteiger charge is -2.12. The van der Waals surface area contributed by atoms with E-state index in [2.05, 4.69) is 15.6 Å². The predicted octanol–water partition coefficient (Wildman–Crippen LogP) is 3.36. The Bertz CT molecular complexity index is 1190. The van der Waals surface area contributed by atoms with Crippen LogP contribution in [0.2, 0.25) is 5.02 Å². The number of carbonyl (C=O) groups excluding carboxylic acids is 1. The van der Waals surface area contributed by atoms with E-state index >= 15 is 0 Å². The van der Waals surface area contributed by atoms with Gasteiger partial charge in [-0.3, -0.25) is 9.78 Å². The molecule has 1 aliphatic rings. The Morgan fingerprint density at radius 2 is 1.90 bits per heavy atom. The second-order valence-electron chi connectivity index (χ2n) is 6.87. The van der Waals surface area contributed by atoms with Crippen LogP contribution < -0.4 is 10.6 Å². The molecule has 30 heavy (non-hydrogen) atoms. The van der Waals surface area contributed by atoms with Crippen molar-refractivity contribution in [2.75, 3.05) is 5.32 Å². The normalized spacial score (nSPS) is 15.3. The van der Waals surface area contributed by atoms with Gasteiger partial charge in [-0.25, -0.2) is 12.8 Å². The van der Waals surface area contributed by atoms with Crippen molar-refractivity contribution in [3.63, 3.8) is 0 Å². The fourth-order valence-electron chi connectivity index (χ4n) is 3.23. The van der Waals surface area contributed by atoms with Crippen LogP contribution in [0.5, 0.6) is 0 Å². The van der Waals surface area contributed by atoms with Crippen LogP contribution in [0.25, 0.3) is 0 Å². The van der Waals surface area contributed by atoms with Crippen LogP contribution >= 0.6 is 11.6 Å². The lowest BCUT2D eigenvalue weighted by molar-refractivity contribution is -0.121. The fourth-order valence-corrected chi connectivity index (χ4v) is 4.62. The van der Waals surface area contributed by atoms with Gasteiger partial charge >= 0.3 is 0 Å². The molecule has 1 amide bonds. The molecule has 0 saturated carbocycles. The minimum absolute atomic E-state index is 0.0275. The number of pyridine rings is 1. The molecular formula is C21H17ClFN3O3S. The third kappa shape index (κ3) is 4.01. The molecule has 0 spiro atoms. The van der Waals surface area contributed by atoms with E-state index in [1.54, 1.807) is 24.5 Å². The Labute approximate surface area is 178 Å². The van der Waals surface area contributed by atoms with Crippen LogP contribution in [0, 0.1) is 5.82 Å². The maximum absolute atomic E-state index is 13.6. The summed E-state index contributed by atoms with van der Waals surface area (Å²) in [7, 11) is -3.87. The average Bonchev–Trinajstić information content (AvgIpc) is 3.18. The molecule has 1 aliphatic heterocycles. The highest BCUT2D eigenvalue weighted by Crippen LogP contribution is 2.26. The lowest BCUT2D eigenvalue weighted by Crippen LogP contribution is -2.38. The van der Waals surface area contributed by atoms with Crippen molar-refractivity contribution in [2.24, 2.45) is 0 Å². The second kappa shape index (κ2) is 8.04. The zero-order chi connectivity index (χ0) is 21.3. The van der Waals surface area contributed by atoms with E-state index in [0.29, 0.717) is 6.42 Å². The van der Waals surface area contributed by atoms with Gasteiger partial charge < -0.3 is 10.6 Å². The van der Waals surface area contributed by atoms with E-state index in [0.717, 1.165) is 22.9 Å². The molecule has 4 rings (SSSR count). The highest BCUT2D eigenvalue weighted by molar-refractivity contribution is 7.91. The van der Waals surface area contributed by atoms with Crippen molar-refractivity contribution in [1.29, 1.82) is 0 Å². The van der Waals surface area contributed by atoms with E-state index in [1.165, 1.54) is 24.3 Å². The van der Waals surface area contributed by atoms with Crippen molar-refractivity contribution in [2.45, 2.75) is 28.8 Å². The standard InChI is InChI=1S/C21H17ClFN3O3S/c22-17-6-5-16(10-18(17)23)30(28,29)15-3-1-13(2-4-15)11-25-21(27)20-9-14-12-24-8-7-19(14)26-20/h1-8,10,12,20,26H,9,11H2,(H,25,27). The molecule has 0 aliphatic carbocycles. The summed E-state index contributed by atoms with van der Waals surface area (Å²) in [5.74, 6) is -0.949. The summed E-state index contributed by atoms with van der Waals surface area (Å²) >= 11 is 5.62. The van der Waals surface area contributed by atoms with E-state index < -0.39 is 15.7 Å². The van der Waals surface area contributed by atoms with Crippen LogP contribution in [-0.4, -0.2) is 25.4 Å². The molecule has 0 bridgehead atoms. The highest BCUT2D eigenvalue weighted by Gasteiger charge is 2.26. The maximum Gasteiger partial charge on any atom is 0.243 e. The number of rotatable bonds is 5. The zero-order valence-electron chi connectivity index (χ0n) is 15.6. The molecule has 1 atom stereocenters. The molecule has 2 aromatic carbocycles. The first kappa shape index (κ1) is 20.3. The summed E-state index contributed by atoms with van der Waals surface area (Å²) < 4.78 is 39.0. The van der Waals surface area contributed by atoms with Gasteiger partial charge in [0.1, 0.15) is 11.9 Å². The third-order valence-electron chi connectivity index (χ3n) is 4.88. The average molecular weight is 446 g/mol. The summed E-state index contributed by atoms with van der Waals surface area (Å²) in [6, 6.07) is 10.9. The van der Waals surface area contributed by atoms with E-state index in [-0.39, 0.29) is 33.3 Å². The molecule has 3 aromatic rings. The van der Waals surface area contributed by atoms with Gasteiger partial charge in [-0.1, -0.05) is 23.7 Å². The van der Waals surface area contributed by atoms with Gasteiger partial charge in [-0.05, 0) is 47.5 Å². The van der Waals surface area contributed by atoms with Gasteiger partial charge in [-0.15, -0.1) is 0 Å². The molecule has 6 nitrogen and oxygen atoms in total.